The lowest BCUT2D eigenvalue weighted by Gasteiger charge is -2.39. The minimum Gasteiger partial charge on any atom is -0.508 e. The van der Waals surface area contributed by atoms with E-state index in [1.165, 1.54) is 12.1 Å². The molecule has 0 saturated carbocycles. The van der Waals surface area contributed by atoms with E-state index >= 15 is 0 Å². The van der Waals surface area contributed by atoms with Crippen LogP contribution in [0.5, 0.6) is 17.2 Å². The first-order valence-corrected chi connectivity index (χ1v) is 8.65. The van der Waals surface area contributed by atoms with Gasteiger partial charge in [-0.3, -0.25) is 0 Å². The fourth-order valence-electron chi connectivity index (χ4n) is 2.85. The van der Waals surface area contributed by atoms with Crippen molar-refractivity contribution in [3.05, 3.63) is 53.6 Å². The quantitative estimate of drug-likeness (QED) is 0.405. The number of aliphatic hydroxyl groups excluding tert-OH is 4. The van der Waals surface area contributed by atoms with Crippen LogP contribution in [0.3, 0.4) is 0 Å². The second kappa shape index (κ2) is 8.59. The molecule has 3 rings (SSSR count). The van der Waals surface area contributed by atoms with Crippen molar-refractivity contribution >= 4 is 12.2 Å². The van der Waals surface area contributed by atoms with E-state index in [9.17, 15) is 30.6 Å². The number of rotatable bonds is 5. The number of ether oxygens (including phenoxy) is 2. The Balaban J connectivity index is 1.76. The Morgan fingerprint density at radius 3 is 2.18 bits per heavy atom. The van der Waals surface area contributed by atoms with Gasteiger partial charge in [0.25, 0.3) is 0 Å². The minimum absolute atomic E-state index is 0.0903. The Morgan fingerprint density at radius 2 is 1.50 bits per heavy atom. The predicted molar refractivity (Wildman–Crippen MR) is 99.5 cm³/mol. The molecule has 2 aromatic carbocycles. The van der Waals surface area contributed by atoms with E-state index in [1.807, 2.05) is 0 Å². The number of phenols is 2. The zero-order valence-corrected chi connectivity index (χ0v) is 14.8. The second-order valence-corrected chi connectivity index (χ2v) is 6.50. The van der Waals surface area contributed by atoms with E-state index in [0.717, 1.165) is 5.56 Å². The zero-order chi connectivity index (χ0) is 20.3. The molecule has 1 saturated heterocycles. The van der Waals surface area contributed by atoms with E-state index in [4.69, 9.17) is 9.47 Å². The third-order valence-corrected chi connectivity index (χ3v) is 4.38. The molecule has 8 heteroatoms. The van der Waals surface area contributed by atoms with Crippen LogP contribution >= 0.6 is 0 Å². The Hall–Kier alpha value is -2.62. The molecule has 0 aliphatic carbocycles. The van der Waals surface area contributed by atoms with Crippen molar-refractivity contribution in [3.63, 3.8) is 0 Å². The van der Waals surface area contributed by atoms with Crippen LogP contribution in [0, 0.1) is 0 Å². The summed E-state index contributed by atoms with van der Waals surface area (Å²) in [5.41, 5.74) is 1.42. The highest BCUT2D eigenvalue weighted by Crippen LogP contribution is 2.28. The van der Waals surface area contributed by atoms with Gasteiger partial charge in [0, 0.05) is 6.07 Å². The molecule has 0 unspecified atom stereocenters. The maximum Gasteiger partial charge on any atom is 0.229 e. The normalized spacial score (nSPS) is 27.8. The van der Waals surface area contributed by atoms with Crippen molar-refractivity contribution in [3.8, 4) is 17.2 Å². The summed E-state index contributed by atoms with van der Waals surface area (Å²) in [7, 11) is 0. The standard InChI is InChI=1S/C20H22O8/c21-10-16-17(24)18(25)19(26)20(28-16)27-15-8-12(7-14(23)9-15)2-1-11-3-5-13(22)6-4-11/h1-9,16-26H,10H2/b2-1-/t16-,17+,18+,19-,20+/m0/s1. The summed E-state index contributed by atoms with van der Waals surface area (Å²) in [5.74, 6) is 0.229. The summed E-state index contributed by atoms with van der Waals surface area (Å²) in [6.07, 6.45) is -3.52. The summed E-state index contributed by atoms with van der Waals surface area (Å²) >= 11 is 0. The van der Waals surface area contributed by atoms with Gasteiger partial charge in [-0.1, -0.05) is 24.3 Å². The first kappa shape index (κ1) is 20.1. The highest BCUT2D eigenvalue weighted by molar-refractivity contribution is 5.71. The average Bonchev–Trinajstić information content (AvgIpc) is 2.67. The van der Waals surface area contributed by atoms with Crippen LogP contribution in [-0.2, 0) is 4.74 Å². The van der Waals surface area contributed by atoms with E-state index < -0.39 is 37.3 Å². The Labute approximate surface area is 161 Å². The first-order chi connectivity index (χ1) is 13.4. The van der Waals surface area contributed by atoms with Crippen molar-refractivity contribution < 1.29 is 40.1 Å². The molecule has 1 aliphatic heterocycles. The predicted octanol–water partition coefficient (Wildman–Crippen LogP) is 0.447. The van der Waals surface area contributed by atoms with Gasteiger partial charge in [0.05, 0.1) is 6.61 Å². The third kappa shape index (κ3) is 4.61. The average molecular weight is 390 g/mol. The summed E-state index contributed by atoms with van der Waals surface area (Å²) in [6, 6.07) is 10.9. The number of benzene rings is 2. The SMILES string of the molecule is OC[C@@H]1O[C@@H](Oc2cc(O)cc(/C=C\c3ccc(O)cc3)c2)[C@@H](O)[C@H](O)[C@@H]1O. The molecule has 150 valence electrons. The van der Waals surface area contributed by atoms with Crippen LogP contribution in [0.2, 0.25) is 0 Å². The molecular weight excluding hydrogens is 368 g/mol. The van der Waals surface area contributed by atoms with Crippen molar-refractivity contribution in [2.24, 2.45) is 0 Å². The van der Waals surface area contributed by atoms with Crippen molar-refractivity contribution in [2.45, 2.75) is 30.7 Å². The van der Waals surface area contributed by atoms with E-state index in [-0.39, 0.29) is 17.2 Å². The molecule has 0 bridgehead atoms. The number of hydrogen-bond acceptors (Lipinski definition) is 8. The Kier molecular flexibility index (Phi) is 6.18. The molecule has 6 N–H and O–H groups in total. The van der Waals surface area contributed by atoms with Crippen LogP contribution < -0.4 is 4.74 Å². The van der Waals surface area contributed by atoms with Gasteiger partial charge in [-0.15, -0.1) is 0 Å². The lowest BCUT2D eigenvalue weighted by molar-refractivity contribution is -0.277. The fourth-order valence-corrected chi connectivity index (χ4v) is 2.85. The topological polar surface area (TPSA) is 140 Å². The molecular formula is C20H22O8. The summed E-state index contributed by atoms with van der Waals surface area (Å²) < 4.78 is 10.8. The molecule has 5 atom stereocenters. The van der Waals surface area contributed by atoms with Gasteiger partial charge in [-0.2, -0.15) is 0 Å². The minimum atomic E-state index is -1.55. The zero-order valence-electron chi connectivity index (χ0n) is 14.8. The van der Waals surface area contributed by atoms with Crippen molar-refractivity contribution in [1.29, 1.82) is 0 Å². The van der Waals surface area contributed by atoms with Crippen LogP contribution in [0.4, 0.5) is 0 Å². The molecule has 8 nitrogen and oxygen atoms in total. The van der Waals surface area contributed by atoms with Gasteiger partial charge in [-0.05, 0) is 35.4 Å². The maximum absolute atomic E-state index is 10.1. The lowest BCUT2D eigenvalue weighted by atomic mass is 9.99. The van der Waals surface area contributed by atoms with Gasteiger partial charge in [0.1, 0.15) is 41.7 Å². The van der Waals surface area contributed by atoms with Gasteiger partial charge in [-0.25, -0.2) is 0 Å². The number of hydrogen-bond donors (Lipinski definition) is 6. The third-order valence-electron chi connectivity index (χ3n) is 4.38. The highest BCUT2D eigenvalue weighted by atomic mass is 16.7. The second-order valence-electron chi connectivity index (χ2n) is 6.50. The molecule has 1 heterocycles. The summed E-state index contributed by atoms with van der Waals surface area (Å²) in [5, 5.41) is 58.2. The van der Waals surface area contributed by atoms with Crippen LogP contribution in [0.1, 0.15) is 11.1 Å². The first-order valence-electron chi connectivity index (χ1n) is 8.65. The van der Waals surface area contributed by atoms with Gasteiger partial charge < -0.3 is 40.1 Å². The molecule has 0 spiro atoms. The Morgan fingerprint density at radius 1 is 0.821 bits per heavy atom. The monoisotopic (exact) mass is 390 g/mol. The molecule has 1 fully saturated rings. The van der Waals surface area contributed by atoms with Gasteiger partial charge >= 0.3 is 0 Å². The van der Waals surface area contributed by atoms with Crippen LogP contribution in [0.15, 0.2) is 42.5 Å². The molecule has 2 aromatic rings. The maximum atomic E-state index is 10.1. The number of phenolic OH excluding ortho intramolecular Hbond substituents is 2. The number of aromatic hydroxyl groups is 2. The largest absolute Gasteiger partial charge is 0.508 e. The lowest BCUT2D eigenvalue weighted by Crippen LogP contribution is -2.60. The molecule has 1 aliphatic rings. The van der Waals surface area contributed by atoms with Gasteiger partial charge in [0.15, 0.2) is 0 Å². The summed E-state index contributed by atoms with van der Waals surface area (Å²) in [6.45, 7) is -0.564. The number of aliphatic hydroxyl groups is 4. The molecule has 0 amide bonds. The van der Waals surface area contributed by atoms with E-state index in [2.05, 4.69) is 0 Å². The molecule has 0 radical (unpaired) electrons. The van der Waals surface area contributed by atoms with E-state index in [1.54, 1.807) is 42.5 Å². The van der Waals surface area contributed by atoms with Crippen LogP contribution in [-0.4, -0.2) is 68.0 Å². The molecule has 0 aromatic heterocycles. The Bertz CT molecular complexity index is 817. The van der Waals surface area contributed by atoms with Crippen LogP contribution in [0.25, 0.3) is 12.2 Å². The highest BCUT2D eigenvalue weighted by Gasteiger charge is 2.44. The summed E-state index contributed by atoms with van der Waals surface area (Å²) in [4.78, 5) is 0. The molecule has 28 heavy (non-hydrogen) atoms. The van der Waals surface area contributed by atoms with E-state index in [0.29, 0.717) is 5.56 Å². The van der Waals surface area contributed by atoms with Crippen molar-refractivity contribution in [1.82, 2.24) is 0 Å². The fraction of sp³-hybridized carbons (Fsp3) is 0.300. The smallest absolute Gasteiger partial charge is 0.229 e. The van der Waals surface area contributed by atoms with Crippen molar-refractivity contribution in [2.75, 3.05) is 6.61 Å². The van der Waals surface area contributed by atoms with Gasteiger partial charge in [0.2, 0.25) is 6.29 Å².